The third kappa shape index (κ3) is 5.27. The van der Waals surface area contributed by atoms with Crippen molar-refractivity contribution in [1.29, 1.82) is 0 Å². The Bertz CT molecular complexity index is 1340. The number of nitrogens with one attached hydrogen (secondary N) is 1. The predicted molar refractivity (Wildman–Crippen MR) is 147 cm³/mol. The topological polar surface area (TPSA) is 80.7 Å². The minimum Gasteiger partial charge on any atom is -0.300 e. The number of thioether (sulfide) groups is 1. The number of hydrogen-bond acceptors (Lipinski definition) is 8. The standard InChI is InChI=1S/C26H29N5OS3/c1-4-20(22(32)29-26-31-30-23(35-26)17-8-6-5-7-9-17)34-25-21-19(13-33-24(21)27-14-28-25)18-11-10-15(2)16(3)12-18/h10-14,17,20H,4-9H2,1-3H3,(H,29,31,32). The number of benzene rings is 1. The van der Waals surface area contributed by atoms with Crippen molar-refractivity contribution in [3.63, 3.8) is 0 Å². The second-order valence-electron chi connectivity index (χ2n) is 9.09. The molecule has 182 valence electrons. The zero-order valence-corrected chi connectivity index (χ0v) is 22.7. The molecule has 4 aromatic rings. The highest BCUT2D eigenvalue weighted by atomic mass is 32.2. The van der Waals surface area contributed by atoms with Gasteiger partial charge in [-0.1, -0.05) is 67.5 Å². The first-order valence-corrected chi connectivity index (χ1v) is 14.7. The molecule has 3 aromatic heterocycles. The molecule has 0 spiro atoms. The van der Waals surface area contributed by atoms with Crippen molar-refractivity contribution >= 4 is 55.7 Å². The Hall–Kier alpha value is -2.36. The van der Waals surface area contributed by atoms with Crippen molar-refractivity contribution in [1.82, 2.24) is 20.2 Å². The number of rotatable bonds is 7. The van der Waals surface area contributed by atoms with E-state index in [-0.39, 0.29) is 11.2 Å². The van der Waals surface area contributed by atoms with Crippen LogP contribution < -0.4 is 5.32 Å². The molecular weight excluding hydrogens is 495 g/mol. The molecule has 0 aliphatic heterocycles. The Kier molecular flexibility index (Phi) is 7.45. The maximum absolute atomic E-state index is 13.2. The van der Waals surface area contributed by atoms with Crippen LogP contribution in [0.4, 0.5) is 5.13 Å². The highest BCUT2D eigenvalue weighted by molar-refractivity contribution is 8.00. The lowest BCUT2D eigenvalue weighted by atomic mass is 9.90. The van der Waals surface area contributed by atoms with E-state index in [1.165, 1.54) is 66.3 Å². The summed E-state index contributed by atoms with van der Waals surface area (Å²) in [5, 5.41) is 17.0. The predicted octanol–water partition coefficient (Wildman–Crippen LogP) is 7.38. The Balaban J connectivity index is 1.36. The fourth-order valence-electron chi connectivity index (χ4n) is 4.50. The molecular formula is C26H29N5OS3. The summed E-state index contributed by atoms with van der Waals surface area (Å²) in [4.78, 5) is 23.2. The van der Waals surface area contributed by atoms with Gasteiger partial charge >= 0.3 is 0 Å². The van der Waals surface area contributed by atoms with Crippen molar-refractivity contribution < 1.29 is 4.79 Å². The molecule has 1 amide bonds. The molecule has 1 aromatic carbocycles. The molecule has 1 unspecified atom stereocenters. The Morgan fingerprint density at radius 2 is 1.97 bits per heavy atom. The third-order valence-electron chi connectivity index (χ3n) is 6.70. The van der Waals surface area contributed by atoms with Crippen molar-refractivity contribution in [2.45, 2.75) is 75.5 Å². The molecule has 1 atom stereocenters. The van der Waals surface area contributed by atoms with E-state index in [0.29, 0.717) is 17.5 Å². The van der Waals surface area contributed by atoms with Gasteiger partial charge in [0.2, 0.25) is 11.0 Å². The molecule has 1 fully saturated rings. The number of anilines is 1. The van der Waals surface area contributed by atoms with E-state index < -0.39 is 0 Å². The first-order chi connectivity index (χ1) is 17.0. The Morgan fingerprint density at radius 3 is 2.74 bits per heavy atom. The summed E-state index contributed by atoms with van der Waals surface area (Å²) < 4.78 is 0. The molecule has 35 heavy (non-hydrogen) atoms. The van der Waals surface area contributed by atoms with Crippen molar-refractivity contribution in [2.24, 2.45) is 0 Å². The van der Waals surface area contributed by atoms with Crippen LogP contribution in [0.5, 0.6) is 0 Å². The van der Waals surface area contributed by atoms with E-state index in [0.717, 1.165) is 31.4 Å². The SMILES string of the molecule is CCC(Sc1ncnc2scc(-c3ccc(C)c(C)c3)c12)C(=O)Nc1nnc(C2CCCCC2)s1. The maximum Gasteiger partial charge on any atom is 0.239 e. The first kappa shape index (κ1) is 24.3. The highest BCUT2D eigenvalue weighted by Crippen LogP contribution is 2.40. The molecule has 0 saturated heterocycles. The Morgan fingerprint density at radius 1 is 1.14 bits per heavy atom. The number of carbonyl (C=O) groups excluding carboxylic acids is 1. The largest absolute Gasteiger partial charge is 0.300 e. The van der Waals surface area contributed by atoms with Gasteiger partial charge in [0.15, 0.2) is 0 Å². The van der Waals surface area contributed by atoms with Crippen LogP contribution in [0.1, 0.15) is 67.5 Å². The van der Waals surface area contributed by atoms with Crippen LogP contribution in [0.15, 0.2) is 34.9 Å². The van der Waals surface area contributed by atoms with Gasteiger partial charge in [-0.3, -0.25) is 10.1 Å². The van der Waals surface area contributed by atoms with Gasteiger partial charge in [-0.25, -0.2) is 9.97 Å². The molecule has 0 radical (unpaired) electrons. The number of amides is 1. The van der Waals surface area contributed by atoms with Gasteiger partial charge in [-0.05, 0) is 49.8 Å². The zero-order valence-electron chi connectivity index (χ0n) is 20.2. The van der Waals surface area contributed by atoms with Gasteiger partial charge in [0.05, 0.1) is 10.6 Å². The molecule has 1 N–H and O–H groups in total. The molecule has 3 heterocycles. The lowest BCUT2D eigenvalue weighted by Crippen LogP contribution is -2.24. The number of nitrogens with zero attached hydrogens (tertiary/aromatic N) is 4. The zero-order chi connectivity index (χ0) is 24.4. The summed E-state index contributed by atoms with van der Waals surface area (Å²) in [6.07, 6.45) is 8.42. The average Bonchev–Trinajstić information content (AvgIpc) is 3.52. The van der Waals surface area contributed by atoms with Gasteiger partial charge in [0.1, 0.15) is 21.2 Å². The lowest BCUT2D eigenvalue weighted by Gasteiger charge is -2.18. The van der Waals surface area contributed by atoms with Crippen LogP contribution in [-0.4, -0.2) is 31.3 Å². The lowest BCUT2D eigenvalue weighted by molar-refractivity contribution is -0.115. The second-order valence-corrected chi connectivity index (χ2v) is 12.2. The minimum atomic E-state index is -0.289. The summed E-state index contributed by atoms with van der Waals surface area (Å²) in [6, 6.07) is 6.51. The third-order valence-corrected chi connectivity index (χ3v) is 9.95. The first-order valence-electron chi connectivity index (χ1n) is 12.1. The molecule has 1 aliphatic rings. The van der Waals surface area contributed by atoms with E-state index in [2.05, 4.69) is 62.9 Å². The van der Waals surface area contributed by atoms with E-state index >= 15 is 0 Å². The average molecular weight is 524 g/mol. The van der Waals surface area contributed by atoms with Gasteiger partial charge in [0.25, 0.3) is 0 Å². The minimum absolute atomic E-state index is 0.0569. The maximum atomic E-state index is 13.2. The number of fused-ring (bicyclic) bond motifs is 1. The van der Waals surface area contributed by atoms with Crippen LogP contribution in [0.25, 0.3) is 21.3 Å². The number of hydrogen-bond donors (Lipinski definition) is 1. The monoisotopic (exact) mass is 523 g/mol. The molecule has 0 bridgehead atoms. The number of thiophene rings is 1. The van der Waals surface area contributed by atoms with Crippen LogP contribution in [0.2, 0.25) is 0 Å². The summed E-state index contributed by atoms with van der Waals surface area (Å²) in [7, 11) is 0. The molecule has 9 heteroatoms. The summed E-state index contributed by atoms with van der Waals surface area (Å²) in [6.45, 7) is 6.28. The normalized spacial score (nSPS) is 15.4. The summed E-state index contributed by atoms with van der Waals surface area (Å²) in [5.74, 6) is 0.429. The van der Waals surface area contributed by atoms with Gasteiger partial charge in [-0.15, -0.1) is 21.5 Å². The van der Waals surface area contributed by atoms with E-state index in [4.69, 9.17) is 0 Å². The summed E-state index contributed by atoms with van der Waals surface area (Å²) >= 11 is 4.64. The number of carbonyl (C=O) groups is 1. The van der Waals surface area contributed by atoms with Gasteiger partial charge in [-0.2, -0.15) is 0 Å². The van der Waals surface area contributed by atoms with Gasteiger partial charge in [0, 0.05) is 16.9 Å². The molecule has 1 aliphatic carbocycles. The van der Waals surface area contributed by atoms with Crippen molar-refractivity contribution in [2.75, 3.05) is 5.32 Å². The van der Waals surface area contributed by atoms with E-state index in [1.807, 2.05) is 6.92 Å². The smallest absolute Gasteiger partial charge is 0.239 e. The Labute approximate surface area is 218 Å². The van der Waals surface area contributed by atoms with Crippen LogP contribution in [-0.2, 0) is 4.79 Å². The van der Waals surface area contributed by atoms with Gasteiger partial charge < -0.3 is 0 Å². The second kappa shape index (κ2) is 10.7. The van der Waals surface area contributed by atoms with E-state index in [9.17, 15) is 4.79 Å². The quantitative estimate of drug-likeness (QED) is 0.201. The highest BCUT2D eigenvalue weighted by Gasteiger charge is 2.25. The van der Waals surface area contributed by atoms with Crippen LogP contribution in [0, 0.1) is 13.8 Å². The molecule has 6 nitrogen and oxygen atoms in total. The fraction of sp³-hybridized carbons (Fsp3) is 0.423. The van der Waals surface area contributed by atoms with Crippen molar-refractivity contribution in [3.8, 4) is 11.1 Å². The fourth-order valence-corrected chi connectivity index (χ4v) is 7.43. The molecule has 5 rings (SSSR count). The summed E-state index contributed by atoms with van der Waals surface area (Å²) in [5.41, 5.74) is 4.79. The van der Waals surface area contributed by atoms with Crippen LogP contribution >= 0.6 is 34.4 Å². The van der Waals surface area contributed by atoms with Crippen LogP contribution in [0.3, 0.4) is 0 Å². The van der Waals surface area contributed by atoms with E-state index in [1.54, 1.807) is 17.7 Å². The number of aromatic nitrogens is 4. The molecule has 1 saturated carbocycles. The number of aryl methyl sites for hydroxylation is 2. The van der Waals surface area contributed by atoms with Crippen molar-refractivity contribution in [3.05, 3.63) is 46.0 Å².